The molecule has 0 aromatic carbocycles. The SMILES string of the molecule is CC/C=C\C/C=C\C/C=C\C/C=C\C/C=C\C/C=C\CCC(=O)OCC(COC(=O)CCCCCCCCCCC)OC(=O)CC/C=C\C/C=C\CCCCCCCC. The number of hydrogen-bond donors (Lipinski definition) is 0. The monoisotopic (exact) mass is 819 g/mol. The van der Waals surface area contributed by atoms with Crippen LogP contribution in [-0.2, 0) is 28.6 Å². The van der Waals surface area contributed by atoms with Gasteiger partial charge in [0.15, 0.2) is 6.10 Å². The first-order valence-electron chi connectivity index (χ1n) is 23.7. The van der Waals surface area contributed by atoms with Gasteiger partial charge in [-0.15, -0.1) is 0 Å². The third kappa shape index (κ3) is 45.3. The molecule has 0 radical (unpaired) electrons. The summed E-state index contributed by atoms with van der Waals surface area (Å²) in [5.41, 5.74) is 0. The van der Waals surface area contributed by atoms with Gasteiger partial charge in [-0.3, -0.25) is 14.4 Å². The summed E-state index contributed by atoms with van der Waals surface area (Å²) in [6.45, 7) is 6.35. The Hall–Kier alpha value is -3.67. The molecular formula is C53H86O6. The second-order valence-electron chi connectivity index (χ2n) is 15.3. The van der Waals surface area contributed by atoms with Crippen molar-refractivity contribution in [3.63, 3.8) is 0 Å². The van der Waals surface area contributed by atoms with Crippen molar-refractivity contribution < 1.29 is 28.6 Å². The van der Waals surface area contributed by atoms with Crippen LogP contribution in [0.2, 0.25) is 0 Å². The highest BCUT2D eigenvalue weighted by Gasteiger charge is 2.19. The molecule has 0 bridgehead atoms. The number of unbranched alkanes of at least 4 members (excludes halogenated alkanes) is 14. The normalized spacial score (nSPS) is 12.9. The van der Waals surface area contributed by atoms with E-state index >= 15 is 0 Å². The van der Waals surface area contributed by atoms with E-state index in [0.717, 1.165) is 70.6 Å². The molecule has 59 heavy (non-hydrogen) atoms. The highest BCUT2D eigenvalue weighted by molar-refractivity contribution is 5.71. The van der Waals surface area contributed by atoms with Crippen LogP contribution in [0.25, 0.3) is 0 Å². The molecule has 0 spiro atoms. The molecule has 0 N–H and O–H groups in total. The van der Waals surface area contributed by atoms with Gasteiger partial charge in [0.25, 0.3) is 0 Å². The van der Waals surface area contributed by atoms with Crippen molar-refractivity contribution in [3.8, 4) is 0 Å². The molecule has 0 aliphatic heterocycles. The predicted octanol–water partition coefficient (Wildman–Crippen LogP) is 15.4. The van der Waals surface area contributed by atoms with Crippen LogP contribution >= 0.6 is 0 Å². The van der Waals surface area contributed by atoms with E-state index in [1.165, 1.54) is 77.0 Å². The molecule has 1 unspecified atom stereocenters. The molecule has 0 aliphatic rings. The zero-order chi connectivity index (χ0) is 43.0. The van der Waals surface area contributed by atoms with Crippen LogP contribution in [0.4, 0.5) is 0 Å². The number of rotatable bonds is 41. The van der Waals surface area contributed by atoms with E-state index in [1.807, 2.05) is 18.2 Å². The minimum Gasteiger partial charge on any atom is -0.462 e. The van der Waals surface area contributed by atoms with Crippen LogP contribution in [0, 0.1) is 0 Å². The van der Waals surface area contributed by atoms with Crippen LogP contribution in [0.1, 0.15) is 201 Å². The van der Waals surface area contributed by atoms with Crippen molar-refractivity contribution in [2.45, 2.75) is 207 Å². The number of allylic oxidation sites excluding steroid dienone is 16. The van der Waals surface area contributed by atoms with E-state index < -0.39 is 12.1 Å². The Kier molecular flexibility index (Phi) is 44.1. The molecule has 6 nitrogen and oxygen atoms in total. The van der Waals surface area contributed by atoms with E-state index in [4.69, 9.17) is 14.2 Å². The van der Waals surface area contributed by atoms with Gasteiger partial charge in [-0.05, 0) is 77.0 Å². The molecule has 0 saturated carbocycles. The Balaban J connectivity index is 4.54. The predicted molar refractivity (Wildman–Crippen MR) is 251 cm³/mol. The van der Waals surface area contributed by atoms with Gasteiger partial charge in [-0.1, -0.05) is 201 Å². The molecular weight excluding hydrogens is 733 g/mol. The van der Waals surface area contributed by atoms with E-state index in [2.05, 4.69) is 99.8 Å². The molecule has 0 fully saturated rings. The lowest BCUT2D eigenvalue weighted by Gasteiger charge is -2.18. The van der Waals surface area contributed by atoms with Gasteiger partial charge in [0.2, 0.25) is 0 Å². The van der Waals surface area contributed by atoms with E-state index in [9.17, 15) is 14.4 Å². The smallest absolute Gasteiger partial charge is 0.306 e. The number of esters is 3. The quantitative estimate of drug-likeness (QED) is 0.0265. The van der Waals surface area contributed by atoms with Gasteiger partial charge < -0.3 is 14.2 Å². The van der Waals surface area contributed by atoms with Crippen molar-refractivity contribution in [1.29, 1.82) is 0 Å². The van der Waals surface area contributed by atoms with Crippen LogP contribution < -0.4 is 0 Å². The Bertz CT molecular complexity index is 1220. The lowest BCUT2D eigenvalue weighted by molar-refractivity contribution is -0.166. The molecule has 0 saturated heterocycles. The number of carbonyl (C=O) groups is 3. The molecule has 0 heterocycles. The molecule has 0 aromatic rings. The average Bonchev–Trinajstić information content (AvgIpc) is 3.23. The van der Waals surface area contributed by atoms with Gasteiger partial charge in [0.1, 0.15) is 13.2 Å². The van der Waals surface area contributed by atoms with Crippen LogP contribution in [0.3, 0.4) is 0 Å². The topological polar surface area (TPSA) is 78.9 Å². The van der Waals surface area contributed by atoms with Gasteiger partial charge in [0, 0.05) is 19.3 Å². The zero-order valence-electron chi connectivity index (χ0n) is 38.0. The molecule has 0 rings (SSSR count). The molecule has 1 atom stereocenters. The fraction of sp³-hybridized carbons (Fsp3) is 0.642. The molecule has 0 amide bonds. The summed E-state index contributed by atoms with van der Waals surface area (Å²) in [5, 5.41) is 0. The van der Waals surface area contributed by atoms with Crippen LogP contribution in [0.15, 0.2) is 97.2 Å². The third-order valence-electron chi connectivity index (χ3n) is 9.60. The first-order valence-corrected chi connectivity index (χ1v) is 23.7. The highest BCUT2D eigenvalue weighted by Crippen LogP contribution is 2.12. The summed E-state index contributed by atoms with van der Waals surface area (Å²) in [6, 6.07) is 0. The first-order chi connectivity index (χ1) is 29.0. The summed E-state index contributed by atoms with van der Waals surface area (Å²) in [4.78, 5) is 37.7. The Morgan fingerprint density at radius 2 is 0.695 bits per heavy atom. The average molecular weight is 819 g/mol. The summed E-state index contributed by atoms with van der Waals surface area (Å²) in [7, 11) is 0. The van der Waals surface area contributed by atoms with E-state index in [1.54, 1.807) is 0 Å². The number of carbonyl (C=O) groups excluding carboxylic acids is 3. The lowest BCUT2D eigenvalue weighted by atomic mass is 10.1. The number of hydrogen-bond acceptors (Lipinski definition) is 6. The maximum Gasteiger partial charge on any atom is 0.306 e. The Labute approximate surface area is 362 Å². The minimum atomic E-state index is -0.835. The largest absolute Gasteiger partial charge is 0.462 e. The summed E-state index contributed by atoms with van der Waals surface area (Å²) >= 11 is 0. The summed E-state index contributed by atoms with van der Waals surface area (Å²) in [5.74, 6) is -1.09. The standard InChI is InChI=1S/C53H86O6/c1-4-7-10-13-16-19-21-23-24-25-26-27-28-30-31-34-37-40-43-46-52(55)58-49-50(48-57-51(54)45-42-39-36-33-18-15-12-9-6-3)59-53(56)47-44-41-38-35-32-29-22-20-17-14-11-8-5-2/h7,10,16,19,23-24,26-27,29-32,37-38,40-41,50H,4-6,8-9,11-15,17-18,20-22,25,28,33-36,39,42-49H2,1-3H3/b10-7-,19-16-,24-23-,27-26-,31-30-,32-29-,40-37-,41-38-. The first kappa shape index (κ1) is 55.3. The summed E-state index contributed by atoms with van der Waals surface area (Å²) < 4.78 is 16.6. The van der Waals surface area contributed by atoms with Gasteiger partial charge in [-0.25, -0.2) is 0 Å². The molecule has 0 aromatic heterocycles. The Morgan fingerprint density at radius 3 is 1.14 bits per heavy atom. The zero-order valence-corrected chi connectivity index (χ0v) is 38.0. The van der Waals surface area contributed by atoms with Crippen molar-refractivity contribution in [3.05, 3.63) is 97.2 Å². The van der Waals surface area contributed by atoms with E-state index in [0.29, 0.717) is 19.3 Å². The van der Waals surface area contributed by atoms with Crippen molar-refractivity contribution >= 4 is 17.9 Å². The number of ether oxygens (including phenoxy) is 3. The van der Waals surface area contributed by atoms with Crippen LogP contribution in [0.5, 0.6) is 0 Å². The van der Waals surface area contributed by atoms with Gasteiger partial charge in [0.05, 0.1) is 0 Å². The fourth-order valence-electron chi connectivity index (χ4n) is 6.05. The fourth-order valence-corrected chi connectivity index (χ4v) is 6.05. The van der Waals surface area contributed by atoms with Crippen LogP contribution in [-0.4, -0.2) is 37.2 Å². The Morgan fingerprint density at radius 1 is 0.356 bits per heavy atom. The molecule has 6 heteroatoms. The van der Waals surface area contributed by atoms with Crippen molar-refractivity contribution in [2.24, 2.45) is 0 Å². The second kappa shape index (κ2) is 47.0. The third-order valence-corrected chi connectivity index (χ3v) is 9.60. The minimum absolute atomic E-state index is 0.123. The molecule has 334 valence electrons. The molecule has 0 aliphatic carbocycles. The lowest BCUT2D eigenvalue weighted by Crippen LogP contribution is -2.30. The van der Waals surface area contributed by atoms with E-state index in [-0.39, 0.29) is 38.0 Å². The summed E-state index contributed by atoms with van der Waals surface area (Å²) in [6.07, 6.45) is 61.3. The van der Waals surface area contributed by atoms with Crippen molar-refractivity contribution in [1.82, 2.24) is 0 Å². The maximum atomic E-state index is 12.7. The highest BCUT2D eigenvalue weighted by atomic mass is 16.6. The van der Waals surface area contributed by atoms with Gasteiger partial charge in [-0.2, -0.15) is 0 Å². The van der Waals surface area contributed by atoms with Gasteiger partial charge >= 0.3 is 17.9 Å². The maximum absolute atomic E-state index is 12.7. The second-order valence-corrected chi connectivity index (χ2v) is 15.3. The van der Waals surface area contributed by atoms with Crippen molar-refractivity contribution in [2.75, 3.05) is 13.2 Å².